The van der Waals surface area contributed by atoms with Gasteiger partial charge in [-0.2, -0.15) is 4.91 Å². The SMILES string of the molecule is C[C@H]1CC[C@]2(N=O)C3CC[C@]4(C)[C@@H](C5=CC(=O)OC5)CC[C@]4(O)C3CC[C@]2(C)C1. The molecule has 0 aromatic carbocycles. The lowest BCUT2D eigenvalue weighted by Gasteiger charge is -2.65. The van der Waals surface area contributed by atoms with E-state index >= 15 is 0 Å². The number of nitroso groups, excluding NO2 is 1. The summed E-state index contributed by atoms with van der Waals surface area (Å²) in [7, 11) is 0. The summed E-state index contributed by atoms with van der Waals surface area (Å²) in [5.74, 6) is 0.898. The van der Waals surface area contributed by atoms with Crippen molar-refractivity contribution in [1.29, 1.82) is 0 Å². The second kappa shape index (κ2) is 6.15. The van der Waals surface area contributed by atoms with Crippen LogP contribution in [0.15, 0.2) is 16.8 Å². The topological polar surface area (TPSA) is 76.0 Å². The van der Waals surface area contributed by atoms with Crippen molar-refractivity contribution in [3.05, 3.63) is 16.6 Å². The minimum atomic E-state index is -0.783. The van der Waals surface area contributed by atoms with Crippen LogP contribution in [0.3, 0.4) is 0 Å². The van der Waals surface area contributed by atoms with Crippen LogP contribution in [-0.2, 0) is 9.53 Å². The van der Waals surface area contributed by atoms with Gasteiger partial charge < -0.3 is 9.84 Å². The third-order valence-electron chi connectivity index (χ3n) is 10.4. The molecule has 4 aliphatic carbocycles. The number of rotatable bonds is 2. The Labute approximate surface area is 173 Å². The lowest BCUT2D eigenvalue weighted by atomic mass is 9.41. The average molecular weight is 402 g/mol. The maximum absolute atomic E-state index is 12.5. The van der Waals surface area contributed by atoms with Gasteiger partial charge in [0.1, 0.15) is 12.1 Å². The molecule has 0 bridgehead atoms. The van der Waals surface area contributed by atoms with Crippen LogP contribution in [0, 0.1) is 39.4 Å². The molecule has 160 valence electrons. The Morgan fingerprint density at radius 3 is 2.52 bits per heavy atom. The molecule has 0 aromatic heterocycles. The van der Waals surface area contributed by atoms with E-state index in [9.17, 15) is 14.8 Å². The number of fused-ring (bicyclic) bond motifs is 5. The van der Waals surface area contributed by atoms with Gasteiger partial charge in [-0.15, -0.1) is 0 Å². The highest BCUT2D eigenvalue weighted by molar-refractivity contribution is 5.85. The van der Waals surface area contributed by atoms with Crippen LogP contribution in [0.5, 0.6) is 0 Å². The molecule has 29 heavy (non-hydrogen) atoms. The summed E-state index contributed by atoms with van der Waals surface area (Å²) in [6, 6.07) is 0. The standard InChI is InChI=1S/C24H35NO4/c1-15-4-10-23(25-28)18-6-9-22(3)17(16-12-20(26)29-14-16)7-11-24(22,27)19(18)5-8-21(23,2)13-15/h12,15,17-19,27H,4-11,13-14H2,1-3H3/t15-,17+,18?,19?,21+,22+,23-,24-/m0/s1. The summed E-state index contributed by atoms with van der Waals surface area (Å²) in [5, 5.41) is 16.1. The number of hydrogen-bond acceptors (Lipinski definition) is 5. The van der Waals surface area contributed by atoms with E-state index in [1.165, 1.54) is 0 Å². The molecule has 0 aromatic rings. The van der Waals surface area contributed by atoms with Crippen LogP contribution in [0.25, 0.3) is 0 Å². The highest BCUT2D eigenvalue weighted by Crippen LogP contribution is 2.71. The Hall–Kier alpha value is -1.23. The van der Waals surface area contributed by atoms with Crippen molar-refractivity contribution < 1.29 is 14.6 Å². The second-order valence-corrected chi connectivity index (χ2v) is 11.5. The zero-order valence-electron chi connectivity index (χ0n) is 18.1. The van der Waals surface area contributed by atoms with Crippen LogP contribution in [-0.4, -0.2) is 28.8 Å². The van der Waals surface area contributed by atoms with E-state index in [1.807, 2.05) is 0 Å². The van der Waals surface area contributed by atoms with Gasteiger partial charge in [0, 0.05) is 11.5 Å². The monoisotopic (exact) mass is 401 g/mol. The van der Waals surface area contributed by atoms with Gasteiger partial charge in [-0.3, -0.25) is 0 Å². The fourth-order valence-corrected chi connectivity index (χ4v) is 8.92. The molecule has 0 radical (unpaired) electrons. The molecule has 1 aliphatic heterocycles. The average Bonchev–Trinajstić information content (AvgIpc) is 3.21. The zero-order chi connectivity index (χ0) is 20.7. The maximum atomic E-state index is 12.5. The van der Waals surface area contributed by atoms with E-state index in [-0.39, 0.29) is 34.6 Å². The molecule has 0 amide bonds. The van der Waals surface area contributed by atoms with E-state index in [4.69, 9.17) is 4.74 Å². The molecule has 8 atom stereocenters. The number of hydrogen-bond donors (Lipinski definition) is 1. The summed E-state index contributed by atoms with van der Waals surface area (Å²) in [6.45, 7) is 7.20. The molecule has 1 heterocycles. The van der Waals surface area contributed by atoms with Crippen LogP contribution < -0.4 is 0 Å². The van der Waals surface area contributed by atoms with Crippen LogP contribution in [0.4, 0.5) is 0 Å². The Balaban J connectivity index is 1.52. The lowest BCUT2D eigenvalue weighted by molar-refractivity contribution is -0.203. The van der Waals surface area contributed by atoms with Crippen LogP contribution in [0.1, 0.15) is 78.6 Å². The van der Waals surface area contributed by atoms with Gasteiger partial charge in [0.25, 0.3) is 0 Å². The van der Waals surface area contributed by atoms with Gasteiger partial charge in [0.2, 0.25) is 0 Å². The van der Waals surface area contributed by atoms with Gasteiger partial charge in [-0.25, -0.2) is 4.79 Å². The quantitative estimate of drug-likeness (QED) is 0.534. The molecule has 0 saturated heterocycles. The van der Waals surface area contributed by atoms with Gasteiger partial charge in [0.05, 0.1) is 5.60 Å². The largest absolute Gasteiger partial charge is 0.458 e. The summed E-state index contributed by atoms with van der Waals surface area (Å²) in [5.41, 5.74) is -0.543. The smallest absolute Gasteiger partial charge is 0.331 e. The number of cyclic esters (lactones) is 1. The van der Waals surface area contributed by atoms with Crippen molar-refractivity contribution in [2.75, 3.05) is 6.61 Å². The van der Waals surface area contributed by atoms with E-state index < -0.39 is 11.1 Å². The molecular formula is C24H35NO4. The molecule has 5 nitrogen and oxygen atoms in total. The molecular weight excluding hydrogens is 366 g/mol. The molecule has 2 unspecified atom stereocenters. The fraction of sp³-hybridized carbons (Fsp3) is 0.875. The summed E-state index contributed by atoms with van der Waals surface area (Å²) in [6.07, 6.45) is 10.1. The first-order valence-electron chi connectivity index (χ1n) is 11.6. The molecule has 5 aliphatic rings. The Morgan fingerprint density at radius 1 is 1.07 bits per heavy atom. The van der Waals surface area contributed by atoms with Gasteiger partial charge in [-0.1, -0.05) is 25.9 Å². The molecule has 0 spiro atoms. The van der Waals surface area contributed by atoms with E-state index in [1.54, 1.807) is 6.08 Å². The van der Waals surface area contributed by atoms with E-state index in [2.05, 4.69) is 25.9 Å². The fourth-order valence-electron chi connectivity index (χ4n) is 8.92. The summed E-state index contributed by atoms with van der Waals surface area (Å²) in [4.78, 5) is 24.1. The minimum Gasteiger partial charge on any atom is -0.458 e. The minimum absolute atomic E-state index is 0.0378. The third-order valence-corrected chi connectivity index (χ3v) is 10.4. The highest BCUT2D eigenvalue weighted by Gasteiger charge is 2.71. The number of nitrogens with zero attached hydrogens (tertiary/aromatic N) is 1. The molecule has 4 saturated carbocycles. The Morgan fingerprint density at radius 2 is 1.83 bits per heavy atom. The van der Waals surface area contributed by atoms with Crippen molar-refractivity contribution in [2.24, 2.45) is 39.7 Å². The van der Waals surface area contributed by atoms with Crippen LogP contribution >= 0.6 is 0 Å². The van der Waals surface area contributed by atoms with Crippen molar-refractivity contribution in [3.63, 3.8) is 0 Å². The van der Waals surface area contributed by atoms with Gasteiger partial charge in [0.15, 0.2) is 0 Å². The third kappa shape index (κ3) is 2.34. The molecule has 1 N–H and O–H groups in total. The number of esters is 1. The molecule has 5 heteroatoms. The lowest BCUT2D eigenvalue weighted by Crippen LogP contribution is -2.67. The number of carbonyl (C=O) groups excluding carboxylic acids is 1. The first kappa shape index (κ1) is 19.7. The van der Waals surface area contributed by atoms with Crippen molar-refractivity contribution >= 4 is 5.97 Å². The molecule has 5 rings (SSSR count). The van der Waals surface area contributed by atoms with Gasteiger partial charge in [-0.05, 0) is 92.4 Å². The van der Waals surface area contributed by atoms with Crippen molar-refractivity contribution in [3.8, 4) is 0 Å². The summed E-state index contributed by atoms with van der Waals surface area (Å²) >= 11 is 0. The predicted octanol–water partition coefficient (Wildman–Crippen LogP) is 4.77. The predicted molar refractivity (Wildman–Crippen MR) is 110 cm³/mol. The first-order valence-corrected chi connectivity index (χ1v) is 11.6. The van der Waals surface area contributed by atoms with E-state index in [0.717, 1.165) is 63.4 Å². The highest BCUT2D eigenvalue weighted by atomic mass is 16.5. The number of carbonyl (C=O) groups is 1. The van der Waals surface area contributed by atoms with Gasteiger partial charge >= 0.3 is 5.97 Å². The van der Waals surface area contributed by atoms with Crippen molar-refractivity contribution in [2.45, 2.75) is 89.7 Å². The Bertz CT molecular complexity index is 779. The number of ether oxygens (including phenoxy) is 1. The summed E-state index contributed by atoms with van der Waals surface area (Å²) < 4.78 is 5.20. The first-order chi connectivity index (χ1) is 13.7. The second-order valence-electron chi connectivity index (χ2n) is 11.5. The van der Waals surface area contributed by atoms with Crippen molar-refractivity contribution in [1.82, 2.24) is 0 Å². The maximum Gasteiger partial charge on any atom is 0.331 e. The Kier molecular flexibility index (Phi) is 4.18. The zero-order valence-corrected chi connectivity index (χ0v) is 18.1. The molecule has 4 fully saturated rings. The normalized spacial score (nSPS) is 54.1. The van der Waals surface area contributed by atoms with Crippen LogP contribution in [0.2, 0.25) is 0 Å². The number of aliphatic hydroxyl groups is 1. The van der Waals surface area contributed by atoms with E-state index in [0.29, 0.717) is 12.5 Å².